The van der Waals surface area contributed by atoms with E-state index >= 15 is 0 Å². The summed E-state index contributed by atoms with van der Waals surface area (Å²) in [5.74, 6) is 0.160. The van der Waals surface area contributed by atoms with Gasteiger partial charge in [0.1, 0.15) is 5.75 Å². The maximum Gasteiger partial charge on any atom is 0.241 e. The Balaban J connectivity index is 2.12. The number of rotatable bonds is 4. The van der Waals surface area contributed by atoms with E-state index in [-0.39, 0.29) is 17.4 Å². The van der Waals surface area contributed by atoms with Crippen molar-refractivity contribution < 1.29 is 12.9 Å². The molecule has 1 aromatic heterocycles. The Kier molecular flexibility index (Phi) is 3.68. The van der Waals surface area contributed by atoms with Crippen LogP contribution in [0.2, 0.25) is 5.02 Å². The highest BCUT2D eigenvalue weighted by molar-refractivity contribution is 7.89. The van der Waals surface area contributed by atoms with Crippen molar-refractivity contribution in [3.63, 3.8) is 0 Å². The molecule has 0 aliphatic carbocycles. The highest BCUT2D eigenvalue weighted by Gasteiger charge is 2.17. The summed E-state index contributed by atoms with van der Waals surface area (Å²) in [6.07, 6.45) is 0. The van der Waals surface area contributed by atoms with Crippen molar-refractivity contribution >= 4 is 21.4 Å². The molecule has 0 spiro atoms. The van der Waals surface area contributed by atoms with Crippen molar-refractivity contribution in [3.05, 3.63) is 46.6 Å². The average Bonchev–Trinajstić information content (AvgIpc) is 2.62. The maximum absolute atomic E-state index is 11.9. The number of aryl methyl sites for hydroxylation is 1. The van der Waals surface area contributed by atoms with Gasteiger partial charge in [0.05, 0.1) is 5.75 Å². The molecule has 0 unspecified atom stereocenters. The lowest BCUT2D eigenvalue weighted by molar-refractivity contribution is 0.384. The van der Waals surface area contributed by atoms with E-state index < -0.39 is 9.84 Å². The summed E-state index contributed by atoms with van der Waals surface area (Å²) in [5, 5.41) is 4.06. The molecule has 0 aliphatic rings. The Morgan fingerprint density at radius 1 is 1.33 bits per heavy atom. The first kappa shape index (κ1) is 13.0. The average molecular weight is 287 g/mol. The van der Waals surface area contributed by atoms with Gasteiger partial charge in [-0.2, -0.15) is 4.98 Å². The van der Waals surface area contributed by atoms with Crippen LogP contribution in [0.1, 0.15) is 17.3 Å². The zero-order chi connectivity index (χ0) is 13.2. The molecular formula is C11H11ClN2O3S. The van der Waals surface area contributed by atoms with Gasteiger partial charge in [-0.25, -0.2) is 8.42 Å². The molecule has 0 N–H and O–H groups in total. The summed E-state index contributed by atoms with van der Waals surface area (Å²) < 4.78 is 28.6. The van der Waals surface area contributed by atoms with Crippen LogP contribution in [0, 0.1) is 6.92 Å². The fourth-order valence-corrected chi connectivity index (χ4v) is 3.01. The Hall–Kier alpha value is -1.40. The molecule has 0 saturated carbocycles. The van der Waals surface area contributed by atoms with E-state index in [0.717, 1.165) is 0 Å². The van der Waals surface area contributed by atoms with E-state index in [2.05, 4.69) is 10.1 Å². The predicted octanol–water partition coefficient (Wildman–Crippen LogP) is 2.15. The van der Waals surface area contributed by atoms with E-state index in [1.54, 1.807) is 31.2 Å². The van der Waals surface area contributed by atoms with Crippen molar-refractivity contribution in [2.75, 3.05) is 0 Å². The molecule has 0 aliphatic heterocycles. The van der Waals surface area contributed by atoms with Crippen LogP contribution in [-0.2, 0) is 21.3 Å². The van der Waals surface area contributed by atoms with Crippen LogP contribution in [0.15, 0.2) is 28.8 Å². The van der Waals surface area contributed by atoms with Gasteiger partial charge in [-0.1, -0.05) is 28.9 Å². The summed E-state index contributed by atoms with van der Waals surface area (Å²) in [7, 11) is -3.35. The number of sulfone groups is 1. The van der Waals surface area contributed by atoms with Crippen LogP contribution < -0.4 is 0 Å². The monoisotopic (exact) mass is 286 g/mol. The molecule has 0 fully saturated rings. The second-order valence-electron chi connectivity index (χ2n) is 3.90. The third kappa shape index (κ3) is 3.54. The summed E-state index contributed by atoms with van der Waals surface area (Å²) in [6.45, 7) is 1.64. The van der Waals surface area contributed by atoms with Gasteiger partial charge in [0, 0.05) is 5.02 Å². The first-order chi connectivity index (χ1) is 8.44. The van der Waals surface area contributed by atoms with Crippen LogP contribution in [0.25, 0.3) is 0 Å². The summed E-state index contributed by atoms with van der Waals surface area (Å²) in [5.41, 5.74) is 0.638. The van der Waals surface area contributed by atoms with Crippen molar-refractivity contribution in [2.24, 2.45) is 0 Å². The van der Waals surface area contributed by atoms with Gasteiger partial charge in [0.15, 0.2) is 15.7 Å². The van der Waals surface area contributed by atoms with Crippen LogP contribution in [0.3, 0.4) is 0 Å². The lowest BCUT2D eigenvalue weighted by atomic mass is 10.2. The predicted molar refractivity (Wildman–Crippen MR) is 66.8 cm³/mol. The zero-order valence-electron chi connectivity index (χ0n) is 9.63. The summed E-state index contributed by atoms with van der Waals surface area (Å²) in [6, 6.07) is 6.74. The number of hydrogen-bond acceptors (Lipinski definition) is 5. The number of benzene rings is 1. The number of aromatic nitrogens is 2. The maximum atomic E-state index is 11.9. The van der Waals surface area contributed by atoms with Gasteiger partial charge in [-0.05, 0) is 24.6 Å². The number of halogens is 1. The Morgan fingerprint density at radius 3 is 2.72 bits per heavy atom. The molecule has 0 amide bonds. The smallest absolute Gasteiger partial charge is 0.241 e. The number of hydrogen-bond donors (Lipinski definition) is 0. The van der Waals surface area contributed by atoms with E-state index in [9.17, 15) is 8.42 Å². The third-order valence-electron chi connectivity index (χ3n) is 2.19. The van der Waals surface area contributed by atoms with Crippen molar-refractivity contribution in [3.8, 4) is 0 Å². The van der Waals surface area contributed by atoms with Gasteiger partial charge >= 0.3 is 0 Å². The second-order valence-corrected chi connectivity index (χ2v) is 6.40. The lowest BCUT2D eigenvalue weighted by Gasteiger charge is -2.02. The highest BCUT2D eigenvalue weighted by atomic mass is 35.5. The van der Waals surface area contributed by atoms with Gasteiger partial charge < -0.3 is 4.52 Å². The summed E-state index contributed by atoms with van der Waals surface area (Å²) >= 11 is 5.80. The Morgan fingerprint density at radius 2 is 2.11 bits per heavy atom. The largest absolute Gasteiger partial charge is 0.338 e. The molecule has 7 heteroatoms. The fourth-order valence-electron chi connectivity index (χ4n) is 1.52. The van der Waals surface area contributed by atoms with E-state index in [1.807, 2.05) is 0 Å². The molecule has 18 heavy (non-hydrogen) atoms. The molecule has 0 radical (unpaired) electrons. The SMILES string of the molecule is Cc1noc(CS(=O)(=O)Cc2cccc(Cl)c2)n1. The standard InChI is InChI=1S/C11H11ClN2O3S/c1-8-13-11(17-14-8)7-18(15,16)6-9-3-2-4-10(12)5-9/h2-5H,6-7H2,1H3. The summed E-state index contributed by atoms with van der Waals surface area (Å²) in [4.78, 5) is 3.87. The molecule has 0 bridgehead atoms. The van der Waals surface area contributed by atoms with Crippen molar-refractivity contribution in [1.29, 1.82) is 0 Å². The Labute approximate surface area is 110 Å². The van der Waals surface area contributed by atoms with E-state index in [0.29, 0.717) is 16.4 Å². The minimum Gasteiger partial charge on any atom is -0.338 e. The van der Waals surface area contributed by atoms with Gasteiger partial charge in [-0.3, -0.25) is 0 Å². The molecule has 0 saturated heterocycles. The normalized spacial score (nSPS) is 11.7. The Bertz CT molecular complexity index is 652. The van der Waals surface area contributed by atoms with Crippen LogP contribution in [0.4, 0.5) is 0 Å². The minimum atomic E-state index is -3.35. The first-order valence-electron chi connectivity index (χ1n) is 5.19. The molecule has 96 valence electrons. The molecule has 2 rings (SSSR count). The molecule has 2 aromatic rings. The first-order valence-corrected chi connectivity index (χ1v) is 7.38. The van der Waals surface area contributed by atoms with E-state index in [4.69, 9.17) is 16.1 Å². The van der Waals surface area contributed by atoms with Crippen molar-refractivity contribution in [1.82, 2.24) is 10.1 Å². The quantitative estimate of drug-likeness (QED) is 0.861. The number of nitrogens with zero attached hydrogens (tertiary/aromatic N) is 2. The molecular weight excluding hydrogens is 276 g/mol. The zero-order valence-corrected chi connectivity index (χ0v) is 11.2. The van der Waals surface area contributed by atoms with Crippen LogP contribution in [0.5, 0.6) is 0 Å². The second kappa shape index (κ2) is 5.07. The van der Waals surface area contributed by atoms with Crippen LogP contribution in [-0.4, -0.2) is 18.6 Å². The lowest BCUT2D eigenvalue weighted by Crippen LogP contribution is -2.08. The topological polar surface area (TPSA) is 73.1 Å². The minimum absolute atomic E-state index is 0.102. The van der Waals surface area contributed by atoms with Gasteiger partial charge in [0.25, 0.3) is 0 Å². The fraction of sp³-hybridized carbons (Fsp3) is 0.273. The molecule has 0 atom stereocenters. The van der Waals surface area contributed by atoms with E-state index in [1.165, 1.54) is 0 Å². The molecule has 1 aromatic carbocycles. The molecule has 1 heterocycles. The van der Waals surface area contributed by atoms with Crippen molar-refractivity contribution in [2.45, 2.75) is 18.4 Å². The van der Waals surface area contributed by atoms with Gasteiger partial charge in [-0.15, -0.1) is 0 Å². The molecule has 5 nitrogen and oxygen atoms in total. The highest BCUT2D eigenvalue weighted by Crippen LogP contribution is 2.15. The van der Waals surface area contributed by atoms with Gasteiger partial charge in [0.2, 0.25) is 5.89 Å². The third-order valence-corrected chi connectivity index (χ3v) is 3.88. The van der Waals surface area contributed by atoms with Crippen LogP contribution >= 0.6 is 11.6 Å².